The minimum atomic E-state index is -0.464. The van der Waals surface area contributed by atoms with Crippen LogP contribution in [0, 0.1) is 0 Å². The molecule has 0 saturated carbocycles. The highest BCUT2D eigenvalue weighted by atomic mass is 16.6. The molecule has 0 saturated heterocycles. The third kappa shape index (κ3) is 9.53. The first-order valence-corrected chi connectivity index (χ1v) is 5.38. The van der Waals surface area contributed by atoms with Gasteiger partial charge in [0.2, 0.25) is 0 Å². The summed E-state index contributed by atoms with van der Waals surface area (Å²) in [5.74, 6) is 0. The highest BCUT2D eigenvalue weighted by molar-refractivity contribution is 5.67. The van der Waals surface area contributed by atoms with Gasteiger partial charge in [-0.3, -0.25) is 0 Å². The molecule has 2 N–H and O–H groups in total. The van der Waals surface area contributed by atoms with Gasteiger partial charge in [-0.1, -0.05) is 0 Å². The Morgan fingerprint density at radius 2 is 1.87 bits per heavy atom. The van der Waals surface area contributed by atoms with Gasteiger partial charge in [0.05, 0.1) is 6.10 Å². The second-order valence-corrected chi connectivity index (χ2v) is 4.97. The summed E-state index contributed by atoms with van der Waals surface area (Å²) in [7, 11) is 0. The molecule has 0 aliphatic carbocycles. The maximum Gasteiger partial charge on any atom is 0.407 e. The molecule has 0 aromatic heterocycles. The predicted molar refractivity (Wildman–Crippen MR) is 59.7 cm³/mol. The lowest BCUT2D eigenvalue weighted by Crippen LogP contribution is -2.37. The Morgan fingerprint density at radius 1 is 1.33 bits per heavy atom. The molecule has 0 radical (unpaired) electrons. The molecule has 0 aromatic rings. The zero-order valence-corrected chi connectivity index (χ0v) is 10.3. The van der Waals surface area contributed by atoms with Crippen LogP contribution < -0.4 is 5.32 Å². The fraction of sp³-hybridized carbons (Fsp3) is 0.909. The third-order valence-electron chi connectivity index (χ3n) is 1.78. The van der Waals surface area contributed by atoms with Crippen LogP contribution in [0.1, 0.15) is 47.5 Å². The number of aliphatic hydroxyl groups excluding tert-OH is 1. The standard InChI is InChI=1S/C11H23NO3/c1-8(6-7-9(2)13)12-10(14)15-11(3,4)5/h8-9,13H,6-7H2,1-5H3,(H,12,14). The molecule has 0 heterocycles. The van der Waals surface area contributed by atoms with Gasteiger partial charge in [0.15, 0.2) is 0 Å². The first-order chi connectivity index (χ1) is 6.70. The van der Waals surface area contributed by atoms with Crippen LogP contribution in [-0.2, 0) is 4.74 Å². The molecule has 0 aromatic carbocycles. The molecule has 0 spiro atoms. The Morgan fingerprint density at radius 3 is 2.27 bits per heavy atom. The maximum absolute atomic E-state index is 11.3. The summed E-state index contributed by atoms with van der Waals surface area (Å²) in [4.78, 5) is 11.3. The van der Waals surface area contributed by atoms with E-state index in [1.165, 1.54) is 0 Å². The smallest absolute Gasteiger partial charge is 0.407 e. The Balaban J connectivity index is 3.77. The first kappa shape index (κ1) is 14.2. The van der Waals surface area contributed by atoms with Crippen molar-refractivity contribution in [2.24, 2.45) is 0 Å². The Bertz CT molecular complexity index is 196. The highest BCUT2D eigenvalue weighted by Crippen LogP contribution is 2.07. The summed E-state index contributed by atoms with van der Waals surface area (Å²) in [5, 5.41) is 11.8. The SMILES string of the molecule is CC(O)CCC(C)NC(=O)OC(C)(C)C. The summed E-state index contributed by atoms with van der Waals surface area (Å²) in [6.45, 7) is 9.11. The first-order valence-electron chi connectivity index (χ1n) is 5.38. The van der Waals surface area contributed by atoms with E-state index in [2.05, 4.69) is 5.32 Å². The quantitative estimate of drug-likeness (QED) is 0.757. The minimum Gasteiger partial charge on any atom is -0.444 e. The molecule has 4 heteroatoms. The van der Waals surface area contributed by atoms with Gasteiger partial charge < -0.3 is 15.2 Å². The van der Waals surface area contributed by atoms with Gasteiger partial charge >= 0.3 is 6.09 Å². The molecule has 1 amide bonds. The number of nitrogens with one attached hydrogen (secondary N) is 1. The molecule has 0 bridgehead atoms. The monoisotopic (exact) mass is 217 g/mol. The van der Waals surface area contributed by atoms with E-state index < -0.39 is 11.7 Å². The van der Waals surface area contributed by atoms with E-state index >= 15 is 0 Å². The molecule has 90 valence electrons. The van der Waals surface area contributed by atoms with Crippen molar-refractivity contribution in [3.63, 3.8) is 0 Å². The van der Waals surface area contributed by atoms with E-state index in [1.54, 1.807) is 6.92 Å². The second kappa shape index (κ2) is 5.95. The van der Waals surface area contributed by atoms with Gasteiger partial charge in [0.25, 0.3) is 0 Å². The third-order valence-corrected chi connectivity index (χ3v) is 1.78. The largest absolute Gasteiger partial charge is 0.444 e. The lowest BCUT2D eigenvalue weighted by molar-refractivity contribution is 0.0501. The summed E-state index contributed by atoms with van der Waals surface area (Å²) in [6.07, 6.45) is 0.696. The van der Waals surface area contributed by atoms with Crippen LogP contribution in [0.15, 0.2) is 0 Å². The normalized spacial score (nSPS) is 15.6. The second-order valence-electron chi connectivity index (χ2n) is 4.97. The molecular formula is C11H23NO3. The Hall–Kier alpha value is -0.770. The summed E-state index contributed by atoms with van der Waals surface area (Å²) in [5.41, 5.74) is -0.464. The number of carbonyl (C=O) groups excluding carboxylic acids is 1. The fourth-order valence-electron chi connectivity index (χ4n) is 1.07. The van der Waals surface area contributed by atoms with Crippen LogP contribution in [0.5, 0.6) is 0 Å². The number of hydrogen-bond acceptors (Lipinski definition) is 3. The molecular weight excluding hydrogens is 194 g/mol. The summed E-state index contributed by atoms with van der Waals surface area (Å²) in [6, 6.07) is 0.0226. The van der Waals surface area contributed by atoms with Gasteiger partial charge in [0, 0.05) is 6.04 Å². The molecule has 15 heavy (non-hydrogen) atoms. The van der Waals surface area contributed by atoms with Gasteiger partial charge in [-0.15, -0.1) is 0 Å². The van der Waals surface area contributed by atoms with Crippen molar-refractivity contribution in [2.45, 2.75) is 65.2 Å². The number of carbonyl (C=O) groups is 1. The molecule has 4 nitrogen and oxygen atoms in total. The average Bonchev–Trinajstić information content (AvgIpc) is 1.96. The van der Waals surface area contributed by atoms with Crippen molar-refractivity contribution in [2.75, 3.05) is 0 Å². The van der Waals surface area contributed by atoms with Crippen molar-refractivity contribution in [3.05, 3.63) is 0 Å². The minimum absolute atomic E-state index is 0.0226. The summed E-state index contributed by atoms with van der Waals surface area (Å²) < 4.78 is 5.10. The molecule has 0 aliphatic rings. The zero-order chi connectivity index (χ0) is 12.1. The lowest BCUT2D eigenvalue weighted by Gasteiger charge is -2.22. The summed E-state index contributed by atoms with van der Waals surface area (Å²) >= 11 is 0. The fourth-order valence-corrected chi connectivity index (χ4v) is 1.07. The average molecular weight is 217 g/mol. The van der Waals surface area contributed by atoms with Gasteiger partial charge in [-0.05, 0) is 47.5 Å². The Labute approximate surface area is 92.0 Å². The van der Waals surface area contributed by atoms with Crippen LogP contribution in [0.2, 0.25) is 0 Å². The van der Waals surface area contributed by atoms with Crippen molar-refractivity contribution >= 4 is 6.09 Å². The van der Waals surface area contributed by atoms with Gasteiger partial charge in [0.1, 0.15) is 5.60 Å². The number of amides is 1. The molecule has 0 fully saturated rings. The van der Waals surface area contributed by atoms with E-state index in [4.69, 9.17) is 9.84 Å². The molecule has 2 unspecified atom stereocenters. The zero-order valence-electron chi connectivity index (χ0n) is 10.3. The van der Waals surface area contributed by atoms with Crippen molar-refractivity contribution in [1.29, 1.82) is 0 Å². The number of aliphatic hydroxyl groups is 1. The van der Waals surface area contributed by atoms with E-state index in [0.717, 1.165) is 6.42 Å². The predicted octanol–water partition coefficient (Wildman–Crippen LogP) is 2.06. The van der Waals surface area contributed by atoms with E-state index in [1.807, 2.05) is 27.7 Å². The van der Waals surface area contributed by atoms with E-state index in [0.29, 0.717) is 6.42 Å². The van der Waals surface area contributed by atoms with E-state index in [9.17, 15) is 4.79 Å². The topological polar surface area (TPSA) is 58.6 Å². The van der Waals surface area contributed by atoms with Crippen LogP contribution in [0.3, 0.4) is 0 Å². The van der Waals surface area contributed by atoms with Crippen molar-refractivity contribution < 1.29 is 14.6 Å². The Kier molecular flexibility index (Phi) is 5.65. The van der Waals surface area contributed by atoms with Crippen LogP contribution in [-0.4, -0.2) is 28.9 Å². The van der Waals surface area contributed by atoms with Crippen LogP contribution >= 0.6 is 0 Å². The number of hydrogen-bond donors (Lipinski definition) is 2. The molecule has 2 atom stereocenters. The molecule has 0 aliphatic heterocycles. The van der Waals surface area contributed by atoms with E-state index in [-0.39, 0.29) is 12.1 Å². The van der Waals surface area contributed by atoms with Gasteiger partial charge in [-0.25, -0.2) is 4.79 Å². The highest BCUT2D eigenvalue weighted by Gasteiger charge is 2.17. The number of alkyl carbamates (subject to hydrolysis) is 1. The van der Waals surface area contributed by atoms with Crippen molar-refractivity contribution in [3.8, 4) is 0 Å². The van der Waals surface area contributed by atoms with Crippen molar-refractivity contribution in [1.82, 2.24) is 5.32 Å². The van der Waals surface area contributed by atoms with Crippen LogP contribution in [0.4, 0.5) is 4.79 Å². The molecule has 0 rings (SSSR count). The lowest BCUT2D eigenvalue weighted by atomic mass is 10.1. The van der Waals surface area contributed by atoms with Gasteiger partial charge in [-0.2, -0.15) is 0 Å². The number of rotatable bonds is 4. The maximum atomic E-state index is 11.3. The van der Waals surface area contributed by atoms with Crippen LogP contribution in [0.25, 0.3) is 0 Å². The number of ether oxygens (including phenoxy) is 1.